The smallest absolute Gasteiger partial charge is 0.210 e. The van der Waals surface area contributed by atoms with Gasteiger partial charge in [0.1, 0.15) is 0 Å². The van der Waals surface area contributed by atoms with Gasteiger partial charge in [-0.2, -0.15) is 5.26 Å². The topological polar surface area (TPSA) is 61.2 Å². The Kier molecular flexibility index (Phi) is 6.16. The number of alkyl halides is 5. The molecule has 0 bridgehead atoms. The predicted octanol–water partition coefficient (Wildman–Crippen LogP) is 3.04. The predicted molar refractivity (Wildman–Crippen MR) is 69.3 cm³/mol. The maximum atomic E-state index is 13.2. The van der Waals surface area contributed by atoms with E-state index in [-0.39, 0.29) is 11.9 Å². The standard InChI is InChI=1S/C6H7Cl4FN2O2S2/c1-4(3-12)17(14,15)13(2)16-6(9,10)5(7,8)11/h4H,1-2H3. The number of sulfonamides is 1. The Morgan fingerprint density at radius 2 is 1.82 bits per heavy atom. The Balaban J connectivity index is 5.03. The van der Waals surface area contributed by atoms with Crippen LogP contribution in [0.5, 0.6) is 0 Å². The van der Waals surface area contributed by atoms with Crippen LogP contribution in [0.4, 0.5) is 4.39 Å². The molecule has 0 aromatic carbocycles. The highest BCUT2D eigenvalue weighted by Crippen LogP contribution is 2.52. The van der Waals surface area contributed by atoms with E-state index in [9.17, 15) is 12.8 Å². The second-order valence-corrected chi connectivity index (χ2v) is 9.70. The van der Waals surface area contributed by atoms with Crippen molar-refractivity contribution >= 4 is 68.4 Å². The molecule has 0 aliphatic heterocycles. The van der Waals surface area contributed by atoms with Crippen LogP contribution in [0.2, 0.25) is 0 Å². The van der Waals surface area contributed by atoms with E-state index in [4.69, 9.17) is 51.7 Å². The van der Waals surface area contributed by atoms with Gasteiger partial charge in [-0.1, -0.05) is 46.4 Å². The molecular formula is C6H7Cl4FN2O2S2. The summed E-state index contributed by atoms with van der Waals surface area (Å²) in [6, 6.07) is 1.52. The fourth-order valence-corrected chi connectivity index (χ4v) is 3.77. The Labute approximate surface area is 123 Å². The van der Waals surface area contributed by atoms with Crippen LogP contribution < -0.4 is 0 Å². The van der Waals surface area contributed by atoms with Crippen molar-refractivity contribution in [1.82, 2.24) is 3.71 Å². The second kappa shape index (κ2) is 5.87. The maximum absolute atomic E-state index is 13.2. The zero-order valence-corrected chi connectivity index (χ0v) is 13.2. The van der Waals surface area contributed by atoms with E-state index in [2.05, 4.69) is 0 Å². The van der Waals surface area contributed by atoms with Gasteiger partial charge in [0, 0.05) is 7.05 Å². The van der Waals surface area contributed by atoms with Crippen LogP contribution in [0.3, 0.4) is 0 Å². The molecule has 0 radical (unpaired) electrons. The molecule has 17 heavy (non-hydrogen) atoms. The third-order valence-corrected chi connectivity index (χ3v) is 7.00. The average molecular weight is 364 g/mol. The third-order valence-electron chi connectivity index (χ3n) is 1.56. The Hall–Kier alpha value is 0.840. The molecule has 1 atom stereocenters. The molecule has 0 fully saturated rings. The molecule has 0 aromatic rings. The molecule has 0 rings (SSSR count). The lowest BCUT2D eigenvalue weighted by atomic mass is 10.5. The molecule has 100 valence electrons. The maximum Gasteiger partial charge on any atom is 0.301 e. The number of hydrogen-bond acceptors (Lipinski definition) is 4. The highest BCUT2D eigenvalue weighted by Gasteiger charge is 2.51. The first kappa shape index (κ1) is 17.8. The van der Waals surface area contributed by atoms with E-state index in [1.165, 1.54) is 6.07 Å². The summed E-state index contributed by atoms with van der Waals surface area (Å²) in [6.45, 7) is 1.15. The van der Waals surface area contributed by atoms with Crippen LogP contribution in [0, 0.1) is 11.3 Å². The number of hydrogen-bond donors (Lipinski definition) is 0. The summed E-state index contributed by atoms with van der Waals surface area (Å²) in [5.41, 5.74) is 0. The molecular weight excluding hydrogens is 357 g/mol. The van der Waals surface area contributed by atoms with E-state index >= 15 is 0 Å². The minimum absolute atomic E-state index is 0.146. The second-order valence-electron chi connectivity index (χ2n) is 2.83. The molecule has 1 unspecified atom stereocenters. The summed E-state index contributed by atoms with van der Waals surface area (Å²) in [5, 5.41) is 7.18. The van der Waals surface area contributed by atoms with Gasteiger partial charge in [0.15, 0.2) is 5.25 Å². The summed E-state index contributed by atoms with van der Waals surface area (Å²) in [7, 11) is -2.95. The first-order valence-electron chi connectivity index (χ1n) is 3.87. The highest BCUT2D eigenvalue weighted by molar-refractivity contribution is 8.11. The molecule has 0 saturated heterocycles. The summed E-state index contributed by atoms with van der Waals surface area (Å²) in [6.07, 6.45) is 0. The normalized spacial score (nSPS) is 15.7. The largest absolute Gasteiger partial charge is 0.301 e. The fraction of sp³-hybridized carbons (Fsp3) is 0.833. The van der Waals surface area contributed by atoms with Crippen LogP contribution in [0.25, 0.3) is 0 Å². The van der Waals surface area contributed by atoms with Crippen molar-refractivity contribution in [1.29, 1.82) is 5.26 Å². The van der Waals surface area contributed by atoms with E-state index in [1.807, 2.05) is 0 Å². The zero-order chi connectivity index (χ0) is 14.1. The quantitative estimate of drug-likeness (QED) is 0.556. The van der Waals surface area contributed by atoms with E-state index in [0.29, 0.717) is 3.71 Å². The molecule has 4 nitrogen and oxygen atoms in total. The van der Waals surface area contributed by atoms with Gasteiger partial charge in [0.25, 0.3) is 0 Å². The van der Waals surface area contributed by atoms with Crippen molar-refractivity contribution in [2.24, 2.45) is 0 Å². The third kappa shape index (κ3) is 4.46. The van der Waals surface area contributed by atoms with Crippen molar-refractivity contribution in [2.75, 3.05) is 7.05 Å². The number of nitrogens with zero attached hydrogens (tertiary/aromatic N) is 2. The molecule has 0 heterocycles. The van der Waals surface area contributed by atoms with Gasteiger partial charge in [-0.3, -0.25) is 0 Å². The fourth-order valence-electron chi connectivity index (χ4n) is 0.554. The SMILES string of the molecule is CC(C#N)S(=O)(=O)N(C)SC(Cl)(Cl)C(F)(Cl)Cl. The Bertz CT molecular complexity index is 417. The van der Waals surface area contributed by atoms with E-state index in [0.717, 1.165) is 14.0 Å². The van der Waals surface area contributed by atoms with Gasteiger partial charge >= 0.3 is 4.59 Å². The number of nitriles is 1. The van der Waals surface area contributed by atoms with Crippen LogP contribution in [0.15, 0.2) is 0 Å². The Morgan fingerprint density at radius 1 is 1.41 bits per heavy atom. The van der Waals surface area contributed by atoms with Crippen molar-refractivity contribution in [3.8, 4) is 6.07 Å². The van der Waals surface area contributed by atoms with Crippen molar-refractivity contribution < 1.29 is 12.8 Å². The monoisotopic (exact) mass is 362 g/mol. The van der Waals surface area contributed by atoms with E-state index in [1.54, 1.807) is 0 Å². The molecule has 0 saturated carbocycles. The number of rotatable bonds is 5. The lowest BCUT2D eigenvalue weighted by molar-refractivity contribution is 0.399. The first-order valence-corrected chi connectivity index (χ1v) is 7.66. The van der Waals surface area contributed by atoms with Gasteiger partial charge < -0.3 is 0 Å². The van der Waals surface area contributed by atoms with Gasteiger partial charge in [-0.15, -0.1) is 3.71 Å². The molecule has 0 aromatic heterocycles. The highest BCUT2D eigenvalue weighted by atomic mass is 35.5. The molecule has 0 aliphatic carbocycles. The summed E-state index contributed by atoms with van der Waals surface area (Å²) in [5.74, 6) is 0. The van der Waals surface area contributed by atoms with Gasteiger partial charge in [0.2, 0.25) is 13.7 Å². The van der Waals surface area contributed by atoms with Crippen LogP contribution in [-0.2, 0) is 10.0 Å². The zero-order valence-electron chi connectivity index (χ0n) is 8.49. The molecule has 0 spiro atoms. The summed E-state index contributed by atoms with van der Waals surface area (Å²) in [4.78, 5) is 0. The van der Waals surface area contributed by atoms with Crippen LogP contribution in [-0.4, -0.2) is 32.7 Å². The van der Waals surface area contributed by atoms with Gasteiger partial charge in [0.05, 0.1) is 6.07 Å². The summed E-state index contributed by atoms with van der Waals surface area (Å²) >= 11 is 21.2. The average Bonchev–Trinajstić information content (AvgIpc) is 2.13. The lowest BCUT2D eigenvalue weighted by Crippen LogP contribution is -2.37. The van der Waals surface area contributed by atoms with Crippen LogP contribution >= 0.6 is 58.4 Å². The van der Waals surface area contributed by atoms with Crippen molar-refractivity contribution in [3.63, 3.8) is 0 Å². The first-order chi connectivity index (χ1) is 7.36. The Morgan fingerprint density at radius 3 is 2.12 bits per heavy atom. The minimum atomic E-state index is -4.00. The van der Waals surface area contributed by atoms with Crippen molar-refractivity contribution in [3.05, 3.63) is 0 Å². The molecule has 0 amide bonds. The molecule has 0 aliphatic rings. The van der Waals surface area contributed by atoms with Crippen LogP contribution in [0.1, 0.15) is 6.92 Å². The minimum Gasteiger partial charge on any atom is -0.210 e. The van der Waals surface area contributed by atoms with E-state index < -0.39 is 23.5 Å². The summed E-state index contributed by atoms with van der Waals surface area (Å²) < 4.78 is 31.4. The molecule has 0 N–H and O–H groups in total. The molecule has 11 heteroatoms. The van der Waals surface area contributed by atoms with Crippen molar-refractivity contribution in [2.45, 2.75) is 20.4 Å². The van der Waals surface area contributed by atoms with Gasteiger partial charge in [-0.05, 0) is 18.9 Å². The van der Waals surface area contributed by atoms with Gasteiger partial charge in [-0.25, -0.2) is 12.8 Å². The lowest BCUT2D eigenvalue weighted by Gasteiger charge is -2.29. The number of halogens is 5.